The molecule has 116 valence electrons. The van der Waals surface area contributed by atoms with E-state index in [1.807, 2.05) is 24.4 Å². The van der Waals surface area contributed by atoms with Crippen molar-refractivity contribution in [3.63, 3.8) is 0 Å². The number of carbonyl (C=O) groups is 1. The smallest absolute Gasteiger partial charge is 0.332 e. The van der Waals surface area contributed by atoms with Crippen LogP contribution in [0.4, 0.5) is 4.79 Å². The van der Waals surface area contributed by atoms with Crippen molar-refractivity contribution in [3.05, 3.63) is 71.4 Å². The normalized spacial score (nSPS) is 11.2. The molecule has 0 aliphatic heterocycles. The molecule has 0 aliphatic carbocycles. The van der Waals surface area contributed by atoms with Crippen LogP contribution in [0.15, 0.2) is 59.8 Å². The molecule has 2 amide bonds. The van der Waals surface area contributed by atoms with E-state index in [0.717, 1.165) is 23.0 Å². The number of hydrogen-bond acceptors (Lipinski definition) is 2. The Labute approximate surface area is 134 Å². The third kappa shape index (κ3) is 3.40. The molecular formula is C18H18N4O. The highest BCUT2D eigenvalue weighted by molar-refractivity contribution is 5.99. The molecule has 5 heteroatoms. The molecule has 0 spiro atoms. The molecular weight excluding hydrogens is 288 g/mol. The van der Waals surface area contributed by atoms with Crippen molar-refractivity contribution >= 4 is 23.1 Å². The molecule has 0 unspecified atom stereocenters. The van der Waals surface area contributed by atoms with E-state index in [9.17, 15) is 4.79 Å². The topological polar surface area (TPSA) is 72.4 Å². The number of rotatable bonds is 4. The molecule has 0 aliphatic rings. The molecule has 0 atom stereocenters. The summed E-state index contributed by atoms with van der Waals surface area (Å²) in [6, 6.07) is 15.9. The molecule has 23 heavy (non-hydrogen) atoms. The highest BCUT2D eigenvalue weighted by Gasteiger charge is 2.07. The fourth-order valence-corrected chi connectivity index (χ4v) is 2.56. The molecule has 3 aromatic rings. The molecule has 0 radical (unpaired) electrons. The Morgan fingerprint density at radius 2 is 1.96 bits per heavy atom. The van der Waals surface area contributed by atoms with Crippen molar-refractivity contribution in [3.8, 4) is 0 Å². The van der Waals surface area contributed by atoms with Crippen LogP contribution in [0.25, 0.3) is 10.9 Å². The van der Waals surface area contributed by atoms with E-state index in [4.69, 9.17) is 5.73 Å². The van der Waals surface area contributed by atoms with Crippen LogP contribution in [0.2, 0.25) is 0 Å². The second kappa shape index (κ2) is 6.36. The number of fused-ring (bicyclic) bond motifs is 1. The lowest BCUT2D eigenvalue weighted by Crippen LogP contribution is -2.24. The standard InChI is InChI=1S/C18H18N4O/c1-13-6-8-14(9-7-13)11-22-12-15(10-20-21-18(19)23)16-4-2-3-5-17(16)22/h2-10,12H,11H2,1H3,(H3,19,21,23)/b20-10-. The van der Waals surface area contributed by atoms with E-state index in [1.54, 1.807) is 6.21 Å². The highest BCUT2D eigenvalue weighted by Crippen LogP contribution is 2.21. The summed E-state index contributed by atoms with van der Waals surface area (Å²) in [7, 11) is 0. The van der Waals surface area contributed by atoms with Crippen molar-refractivity contribution in [1.29, 1.82) is 0 Å². The Balaban J connectivity index is 1.95. The van der Waals surface area contributed by atoms with Gasteiger partial charge in [-0.3, -0.25) is 0 Å². The number of nitrogens with zero attached hydrogens (tertiary/aromatic N) is 2. The lowest BCUT2D eigenvalue weighted by atomic mass is 10.1. The van der Waals surface area contributed by atoms with E-state index in [1.165, 1.54) is 11.1 Å². The summed E-state index contributed by atoms with van der Waals surface area (Å²) in [5, 5.41) is 4.94. The SMILES string of the molecule is Cc1ccc(Cn2cc(/C=N\NC(N)=O)c3ccccc32)cc1. The van der Waals surface area contributed by atoms with E-state index in [2.05, 4.69) is 52.3 Å². The molecule has 0 fully saturated rings. The van der Waals surface area contributed by atoms with Crippen LogP contribution in [0.1, 0.15) is 16.7 Å². The second-order valence-corrected chi connectivity index (χ2v) is 5.45. The van der Waals surface area contributed by atoms with Crippen LogP contribution in [0, 0.1) is 6.92 Å². The maximum atomic E-state index is 10.7. The van der Waals surface area contributed by atoms with Crippen LogP contribution in [-0.4, -0.2) is 16.8 Å². The van der Waals surface area contributed by atoms with Gasteiger partial charge in [-0.15, -0.1) is 0 Å². The summed E-state index contributed by atoms with van der Waals surface area (Å²) >= 11 is 0. The number of aromatic nitrogens is 1. The Hall–Kier alpha value is -3.08. The number of hydrogen-bond donors (Lipinski definition) is 2. The third-order valence-electron chi connectivity index (χ3n) is 3.67. The third-order valence-corrected chi connectivity index (χ3v) is 3.67. The summed E-state index contributed by atoms with van der Waals surface area (Å²) in [6.07, 6.45) is 3.63. The van der Waals surface area contributed by atoms with Gasteiger partial charge >= 0.3 is 6.03 Å². The Morgan fingerprint density at radius 3 is 2.70 bits per heavy atom. The van der Waals surface area contributed by atoms with Gasteiger partial charge in [0.15, 0.2) is 0 Å². The highest BCUT2D eigenvalue weighted by atomic mass is 16.2. The zero-order valence-electron chi connectivity index (χ0n) is 12.9. The minimum absolute atomic E-state index is 0.676. The molecule has 3 rings (SSSR count). The number of nitrogens with two attached hydrogens (primary N) is 1. The molecule has 0 saturated carbocycles. The molecule has 0 bridgehead atoms. The van der Waals surface area contributed by atoms with Gasteiger partial charge in [-0.25, -0.2) is 10.2 Å². The van der Waals surface area contributed by atoms with Crippen LogP contribution in [0.3, 0.4) is 0 Å². The quantitative estimate of drug-likeness (QED) is 0.564. The van der Waals surface area contributed by atoms with Gasteiger partial charge in [-0.05, 0) is 18.6 Å². The number of para-hydroxylation sites is 1. The first-order valence-electron chi connectivity index (χ1n) is 7.35. The van der Waals surface area contributed by atoms with Gasteiger partial charge in [0.2, 0.25) is 0 Å². The van der Waals surface area contributed by atoms with Gasteiger partial charge in [0, 0.05) is 29.2 Å². The molecule has 3 N–H and O–H groups in total. The summed E-state index contributed by atoms with van der Waals surface area (Å²) < 4.78 is 2.17. The van der Waals surface area contributed by atoms with Gasteiger partial charge in [-0.1, -0.05) is 48.0 Å². The maximum absolute atomic E-state index is 10.7. The number of urea groups is 1. The summed E-state index contributed by atoms with van der Waals surface area (Å²) in [6.45, 7) is 2.85. The minimum Gasteiger partial charge on any atom is -0.350 e. The number of primary amides is 1. The van der Waals surface area contributed by atoms with Crippen LogP contribution in [0.5, 0.6) is 0 Å². The van der Waals surface area contributed by atoms with Crippen molar-refractivity contribution in [1.82, 2.24) is 9.99 Å². The predicted molar refractivity (Wildman–Crippen MR) is 92.5 cm³/mol. The number of aryl methyl sites for hydroxylation is 1. The molecule has 0 saturated heterocycles. The van der Waals surface area contributed by atoms with Crippen molar-refractivity contribution in [2.45, 2.75) is 13.5 Å². The first-order chi connectivity index (χ1) is 11.1. The van der Waals surface area contributed by atoms with Crippen LogP contribution in [-0.2, 0) is 6.54 Å². The summed E-state index contributed by atoms with van der Waals surface area (Å²) in [4.78, 5) is 10.7. The van der Waals surface area contributed by atoms with E-state index in [0.29, 0.717) is 0 Å². The zero-order valence-corrected chi connectivity index (χ0v) is 12.9. The van der Waals surface area contributed by atoms with Gasteiger partial charge in [0.1, 0.15) is 0 Å². The Bertz CT molecular complexity index is 862. The van der Waals surface area contributed by atoms with Gasteiger partial charge in [-0.2, -0.15) is 5.10 Å². The van der Waals surface area contributed by atoms with E-state index in [-0.39, 0.29) is 0 Å². The van der Waals surface area contributed by atoms with Crippen molar-refractivity contribution in [2.75, 3.05) is 0 Å². The van der Waals surface area contributed by atoms with E-state index < -0.39 is 6.03 Å². The number of carbonyl (C=O) groups excluding carboxylic acids is 1. The summed E-state index contributed by atoms with van der Waals surface area (Å²) in [5.74, 6) is 0. The largest absolute Gasteiger partial charge is 0.350 e. The average Bonchev–Trinajstić information content (AvgIpc) is 2.88. The zero-order chi connectivity index (χ0) is 16.2. The van der Waals surface area contributed by atoms with E-state index >= 15 is 0 Å². The summed E-state index contributed by atoms with van der Waals surface area (Å²) in [5.41, 5.74) is 11.8. The second-order valence-electron chi connectivity index (χ2n) is 5.45. The van der Waals surface area contributed by atoms with Crippen LogP contribution >= 0.6 is 0 Å². The van der Waals surface area contributed by atoms with Crippen LogP contribution < -0.4 is 11.2 Å². The number of amides is 2. The van der Waals surface area contributed by atoms with Gasteiger partial charge in [0.05, 0.1) is 6.21 Å². The molecule has 5 nitrogen and oxygen atoms in total. The number of benzene rings is 2. The first-order valence-corrected chi connectivity index (χ1v) is 7.35. The van der Waals surface area contributed by atoms with Crippen molar-refractivity contribution in [2.24, 2.45) is 10.8 Å². The lowest BCUT2D eigenvalue weighted by molar-refractivity contribution is 0.249. The fourth-order valence-electron chi connectivity index (χ4n) is 2.56. The number of hydrazone groups is 1. The predicted octanol–water partition coefficient (Wildman–Crippen LogP) is 3.00. The maximum Gasteiger partial charge on any atom is 0.332 e. The minimum atomic E-state index is -0.676. The Kier molecular flexibility index (Phi) is 4.10. The average molecular weight is 306 g/mol. The Morgan fingerprint density at radius 1 is 1.22 bits per heavy atom. The lowest BCUT2D eigenvalue weighted by Gasteiger charge is -2.06. The fraction of sp³-hybridized carbons (Fsp3) is 0.111. The monoisotopic (exact) mass is 306 g/mol. The molecule has 1 heterocycles. The first kappa shape index (κ1) is 14.8. The van der Waals surface area contributed by atoms with Gasteiger partial charge in [0.25, 0.3) is 0 Å². The number of nitrogens with one attached hydrogen (secondary N) is 1. The molecule has 1 aromatic heterocycles. The van der Waals surface area contributed by atoms with Crippen molar-refractivity contribution < 1.29 is 4.79 Å². The molecule has 2 aromatic carbocycles. The van der Waals surface area contributed by atoms with Gasteiger partial charge < -0.3 is 10.3 Å².